The van der Waals surface area contributed by atoms with Gasteiger partial charge in [0.05, 0.1) is 22.7 Å². The molecule has 0 saturated heterocycles. The molecule has 0 aliphatic carbocycles. The van der Waals surface area contributed by atoms with Crippen LogP contribution in [0.2, 0.25) is 0 Å². The summed E-state index contributed by atoms with van der Waals surface area (Å²) in [5, 5.41) is 14.0. The Kier molecular flexibility index (Phi) is 3.97. The van der Waals surface area contributed by atoms with Crippen LogP contribution in [0.25, 0.3) is 32.9 Å². The van der Waals surface area contributed by atoms with Crippen LogP contribution in [0.5, 0.6) is 5.75 Å². The molecule has 3 aromatic carbocycles. The maximum absolute atomic E-state index is 10.9. The molecule has 0 fully saturated rings. The molecule has 0 bridgehead atoms. The van der Waals surface area contributed by atoms with E-state index < -0.39 is 4.92 Å². The summed E-state index contributed by atoms with van der Waals surface area (Å²) in [6.07, 6.45) is 0. The lowest BCUT2D eigenvalue weighted by molar-refractivity contribution is -0.384. The fraction of sp³-hybridized carbons (Fsp3) is 0.0952. The largest absolute Gasteiger partial charge is 0.494 e. The van der Waals surface area contributed by atoms with E-state index in [1.807, 2.05) is 43.3 Å². The summed E-state index contributed by atoms with van der Waals surface area (Å²) < 4.78 is 5.62. The van der Waals surface area contributed by atoms with Crippen LogP contribution in [-0.4, -0.2) is 16.5 Å². The summed E-state index contributed by atoms with van der Waals surface area (Å²) >= 11 is 0. The highest BCUT2D eigenvalue weighted by molar-refractivity contribution is 6.11. The van der Waals surface area contributed by atoms with Crippen molar-refractivity contribution in [3.63, 3.8) is 0 Å². The first kappa shape index (κ1) is 16.0. The number of non-ortho nitro benzene ring substituents is 1. The third-order valence-electron chi connectivity index (χ3n) is 4.34. The lowest BCUT2D eigenvalue weighted by Crippen LogP contribution is -1.94. The molecule has 0 radical (unpaired) electrons. The van der Waals surface area contributed by atoms with Crippen LogP contribution < -0.4 is 4.74 Å². The number of benzene rings is 3. The second-order valence-electron chi connectivity index (χ2n) is 5.92. The normalized spacial score (nSPS) is 11.0. The summed E-state index contributed by atoms with van der Waals surface area (Å²) in [5.74, 6) is 0.815. The molecule has 0 atom stereocenters. The third kappa shape index (κ3) is 2.73. The summed E-state index contributed by atoms with van der Waals surface area (Å²) in [5.41, 5.74) is 2.59. The molecule has 5 heteroatoms. The van der Waals surface area contributed by atoms with Gasteiger partial charge in [0.1, 0.15) is 5.75 Å². The van der Waals surface area contributed by atoms with Gasteiger partial charge in [-0.25, -0.2) is 4.98 Å². The van der Waals surface area contributed by atoms with Gasteiger partial charge in [-0.3, -0.25) is 10.1 Å². The molecule has 0 aliphatic rings. The number of hydrogen-bond donors (Lipinski definition) is 0. The average molecular weight is 344 g/mol. The molecule has 0 aliphatic heterocycles. The van der Waals surface area contributed by atoms with Gasteiger partial charge in [-0.15, -0.1) is 0 Å². The smallest absolute Gasteiger partial charge is 0.269 e. The van der Waals surface area contributed by atoms with Gasteiger partial charge in [-0.05, 0) is 42.6 Å². The second kappa shape index (κ2) is 6.44. The lowest BCUT2D eigenvalue weighted by Gasteiger charge is -2.11. The monoisotopic (exact) mass is 344 g/mol. The minimum absolute atomic E-state index is 0.0696. The van der Waals surface area contributed by atoms with Crippen LogP contribution in [-0.2, 0) is 0 Å². The van der Waals surface area contributed by atoms with Crippen LogP contribution in [0.4, 0.5) is 5.69 Å². The first-order chi connectivity index (χ1) is 12.7. The van der Waals surface area contributed by atoms with Gasteiger partial charge in [0.15, 0.2) is 0 Å². The van der Waals surface area contributed by atoms with Crippen LogP contribution in [0.3, 0.4) is 0 Å². The Labute approximate surface area is 150 Å². The van der Waals surface area contributed by atoms with E-state index in [2.05, 4.69) is 6.07 Å². The number of pyridine rings is 1. The number of rotatable bonds is 4. The summed E-state index contributed by atoms with van der Waals surface area (Å²) in [6.45, 7) is 2.57. The van der Waals surface area contributed by atoms with Crippen molar-refractivity contribution in [3.05, 3.63) is 76.8 Å². The highest BCUT2D eigenvalue weighted by atomic mass is 16.6. The van der Waals surface area contributed by atoms with Crippen molar-refractivity contribution in [3.8, 4) is 17.0 Å². The molecule has 0 spiro atoms. The zero-order valence-electron chi connectivity index (χ0n) is 14.2. The molecule has 1 heterocycles. The lowest BCUT2D eigenvalue weighted by atomic mass is 10.00. The predicted molar refractivity (Wildman–Crippen MR) is 103 cm³/mol. The topological polar surface area (TPSA) is 65.3 Å². The van der Waals surface area contributed by atoms with Crippen molar-refractivity contribution >= 4 is 27.4 Å². The van der Waals surface area contributed by atoms with Gasteiger partial charge in [-0.1, -0.05) is 24.3 Å². The quantitative estimate of drug-likeness (QED) is 0.284. The Morgan fingerprint density at radius 3 is 2.38 bits per heavy atom. The zero-order valence-corrected chi connectivity index (χ0v) is 14.2. The van der Waals surface area contributed by atoms with Crippen LogP contribution in [0.1, 0.15) is 6.92 Å². The summed E-state index contributed by atoms with van der Waals surface area (Å²) in [6, 6.07) is 20.4. The number of fused-ring (bicyclic) bond motifs is 3. The molecule has 4 aromatic rings. The van der Waals surface area contributed by atoms with Gasteiger partial charge in [0.25, 0.3) is 5.69 Å². The third-order valence-corrected chi connectivity index (χ3v) is 4.34. The minimum atomic E-state index is -0.398. The Hall–Kier alpha value is -3.47. The SMILES string of the molecule is CCOc1ccc2nc(-c3ccc([N+](=O)[O-])cc3)c3ccccc3c2c1. The van der Waals surface area contributed by atoms with E-state index in [-0.39, 0.29) is 5.69 Å². The molecular formula is C21H16N2O3. The predicted octanol–water partition coefficient (Wildman–Crippen LogP) is 5.36. The first-order valence-corrected chi connectivity index (χ1v) is 8.37. The van der Waals surface area contributed by atoms with E-state index >= 15 is 0 Å². The van der Waals surface area contributed by atoms with Gasteiger partial charge in [0, 0.05) is 28.5 Å². The number of ether oxygens (including phenoxy) is 1. The van der Waals surface area contributed by atoms with Crippen LogP contribution in [0, 0.1) is 10.1 Å². The van der Waals surface area contributed by atoms with Crippen molar-refractivity contribution in [1.82, 2.24) is 4.98 Å². The summed E-state index contributed by atoms with van der Waals surface area (Å²) in [4.78, 5) is 15.3. The molecule has 128 valence electrons. The fourth-order valence-corrected chi connectivity index (χ4v) is 3.15. The van der Waals surface area contributed by atoms with Crippen molar-refractivity contribution < 1.29 is 9.66 Å². The van der Waals surface area contributed by atoms with Crippen molar-refractivity contribution in [2.45, 2.75) is 6.92 Å². The Bertz CT molecular complexity index is 1120. The number of nitrogens with zero attached hydrogens (tertiary/aromatic N) is 2. The second-order valence-corrected chi connectivity index (χ2v) is 5.92. The van der Waals surface area contributed by atoms with E-state index in [0.717, 1.165) is 38.7 Å². The van der Waals surface area contributed by atoms with E-state index in [1.165, 1.54) is 12.1 Å². The Morgan fingerprint density at radius 2 is 1.69 bits per heavy atom. The molecular weight excluding hydrogens is 328 g/mol. The van der Waals surface area contributed by atoms with E-state index in [1.54, 1.807) is 12.1 Å². The molecule has 0 unspecified atom stereocenters. The molecule has 26 heavy (non-hydrogen) atoms. The molecule has 0 N–H and O–H groups in total. The van der Waals surface area contributed by atoms with E-state index in [9.17, 15) is 10.1 Å². The maximum atomic E-state index is 10.9. The van der Waals surface area contributed by atoms with Gasteiger partial charge >= 0.3 is 0 Å². The van der Waals surface area contributed by atoms with Gasteiger partial charge < -0.3 is 4.74 Å². The maximum Gasteiger partial charge on any atom is 0.269 e. The number of hydrogen-bond acceptors (Lipinski definition) is 4. The van der Waals surface area contributed by atoms with Crippen molar-refractivity contribution in [1.29, 1.82) is 0 Å². The number of nitro groups is 1. The van der Waals surface area contributed by atoms with Crippen molar-refractivity contribution in [2.75, 3.05) is 6.61 Å². The zero-order chi connectivity index (χ0) is 18.1. The highest BCUT2D eigenvalue weighted by Crippen LogP contribution is 2.34. The van der Waals surface area contributed by atoms with Gasteiger partial charge in [0.2, 0.25) is 0 Å². The van der Waals surface area contributed by atoms with Crippen LogP contribution in [0.15, 0.2) is 66.7 Å². The molecule has 0 amide bonds. The van der Waals surface area contributed by atoms with Crippen molar-refractivity contribution in [2.24, 2.45) is 0 Å². The summed E-state index contributed by atoms with van der Waals surface area (Å²) in [7, 11) is 0. The standard InChI is InChI=1S/C21H16N2O3/c1-2-26-16-11-12-20-19(13-16)17-5-3-4-6-18(17)21(22-20)14-7-9-15(10-8-14)23(24)25/h3-13H,2H2,1H3. The Morgan fingerprint density at radius 1 is 0.962 bits per heavy atom. The number of nitro benzene ring substituents is 1. The van der Waals surface area contributed by atoms with Gasteiger partial charge in [-0.2, -0.15) is 0 Å². The molecule has 4 rings (SSSR count). The fourth-order valence-electron chi connectivity index (χ4n) is 3.15. The van der Waals surface area contributed by atoms with E-state index in [0.29, 0.717) is 6.61 Å². The first-order valence-electron chi connectivity index (χ1n) is 8.37. The number of aromatic nitrogens is 1. The van der Waals surface area contributed by atoms with Crippen LogP contribution >= 0.6 is 0 Å². The minimum Gasteiger partial charge on any atom is -0.494 e. The molecule has 0 saturated carbocycles. The molecule has 1 aromatic heterocycles. The molecule has 5 nitrogen and oxygen atoms in total. The average Bonchev–Trinajstić information content (AvgIpc) is 2.68. The Balaban J connectivity index is 1.97. The van der Waals surface area contributed by atoms with E-state index in [4.69, 9.17) is 9.72 Å². The highest BCUT2D eigenvalue weighted by Gasteiger charge is 2.12.